The molecule has 0 N–H and O–H groups in total. The largest absolute Gasteiger partial charge is 0.195 e. The molecule has 0 aliphatic heterocycles. The Labute approximate surface area is 83.8 Å². The van der Waals surface area contributed by atoms with Crippen LogP contribution in [0.5, 0.6) is 0 Å². The van der Waals surface area contributed by atoms with Gasteiger partial charge in [0.05, 0.1) is 0 Å². The van der Waals surface area contributed by atoms with Crippen molar-refractivity contribution in [1.29, 1.82) is 0 Å². The van der Waals surface area contributed by atoms with Gasteiger partial charge >= 0.3 is 0 Å². The van der Waals surface area contributed by atoms with Gasteiger partial charge in [-0.3, -0.25) is 0 Å². The summed E-state index contributed by atoms with van der Waals surface area (Å²) in [6.45, 7) is 6.57. The van der Waals surface area contributed by atoms with Crippen molar-refractivity contribution in [2.75, 3.05) is 0 Å². The van der Waals surface area contributed by atoms with Crippen molar-refractivity contribution in [3.63, 3.8) is 0 Å². The summed E-state index contributed by atoms with van der Waals surface area (Å²) in [5.74, 6) is 0. The van der Waals surface area contributed by atoms with Gasteiger partial charge in [0.15, 0.2) is 5.13 Å². The lowest BCUT2D eigenvalue weighted by Gasteiger charge is -2.26. The van der Waals surface area contributed by atoms with E-state index in [4.69, 9.17) is 0 Å². The van der Waals surface area contributed by atoms with E-state index >= 15 is 0 Å². The van der Waals surface area contributed by atoms with Crippen LogP contribution >= 0.6 is 11.3 Å². The van der Waals surface area contributed by atoms with Crippen LogP contribution in [0.25, 0.3) is 0 Å². The molecular formula is C11H17FS. The number of hydrogen-bond acceptors (Lipinski definition) is 1. The van der Waals surface area contributed by atoms with Crippen LogP contribution in [0.2, 0.25) is 0 Å². The Morgan fingerprint density at radius 1 is 1.46 bits per heavy atom. The molecule has 1 unspecified atom stereocenters. The Hall–Kier alpha value is -0.370. The molecule has 0 aromatic carbocycles. The van der Waals surface area contributed by atoms with Crippen molar-refractivity contribution < 1.29 is 4.39 Å². The molecule has 1 aromatic heterocycles. The molecule has 1 atom stereocenters. The zero-order valence-corrected chi connectivity index (χ0v) is 9.38. The van der Waals surface area contributed by atoms with E-state index in [1.54, 1.807) is 6.07 Å². The summed E-state index contributed by atoms with van der Waals surface area (Å²) in [5.41, 5.74) is 1.34. The van der Waals surface area contributed by atoms with E-state index in [9.17, 15) is 4.39 Å². The molecule has 74 valence electrons. The van der Waals surface area contributed by atoms with Crippen LogP contribution in [0.3, 0.4) is 0 Å². The number of halogens is 1. The quantitative estimate of drug-likeness (QED) is 0.677. The number of rotatable bonds is 4. The molecule has 0 aliphatic rings. The highest BCUT2D eigenvalue weighted by molar-refractivity contribution is 7.08. The molecule has 0 spiro atoms. The third-order valence-corrected chi connectivity index (χ3v) is 3.56. The van der Waals surface area contributed by atoms with Crippen LogP contribution in [0.4, 0.5) is 4.39 Å². The second-order valence-electron chi connectivity index (χ2n) is 3.80. The Bertz CT molecular complexity index is 267. The summed E-state index contributed by atoms with van der Waals surface area (Å²) < 4.78 is 12.9. The van der Waals surface area contributed by atoms with Gasteiger partial charge in [0, 0.05) is 0 Å². The van der Waals surface area contributed by atoms with E-state index in [1.807, 2.05) is 5.38 Å². The first-order valence-electron chi connectivity index (χ1n) is 4.87. The van der Waals surface area contributed by atoms with Crippen LogP contribution in [0.1, 0.15) is 45.6 Å². The second-order valence-corrected chi connectivity index (χ2v) is 4.67. The molecule has 0 bridgehead atoms. The normalized spacial score (nSPS) is 15.7. The van der Waals surface area contributed by atoms with Gasteiger partial charge in [-0.1, -0.05) is 27.2 Å². The molecule has 0 radical (unpaired) electrons. The zero-order valence-electron chi connectivity index (χ0n) is 8.56. The molecule has 0 saturated heterocycles. The van der Waals surface area contributed by atoms with Gasteiger partial charge < -0.3 is 0 Å². The van der Waals surface area contributed by atoms with Gasteiger partial charge in [0.2, 0.25) is 0 Å². The van der Waals surface area contributed by atoms with Gasteiger partial charge in [-0.2, -0.15) is 4.39 Å². The Balaban J connectivity index is 2.88. The fraction of sp³-hybridized carbons (Fsp3) is 0.636. The predicted molar refractivity (Wildman–Crippen MR) is 56.8 cm³/mol. The van der Waals surface area contributed by atoms with E-state index < -0.39 is 0 Å². The molecule has 13 heavy (non-hydrogen) atoms. The summed E-state index contributed by atoms with van der Waals surface area (Å²) in [4.78, 5) is 0. The smallest absolute Gasteiger partial charge is 0.176 e. The molecule has 0 nitrogen and oxygen atoms in total. The predicted octanol–water partition coefficient (Wildman–Crippen LogP) is 4.36. The Morgan fingerprint density at radius 3 is 2.54 bits per heavy atom. The van der Waals surface area contributed by atoms with Crippen molar-refractivity contribution in [2.45, 2.75) is 45.4 Å². The molecule has 0 aliphatic carbocycles. The van der Waals surface area contributed by atoms with Crippen molar-refractivity contribution in [1.82, 2.24) is 0 Å². The molecule has 1 rings (SSSR count). The molecule has 1 aromatic rings. The molecule has 0 amide bonds. The van der Waals surface area contributed by atoms with E-state index in [1.165, 1.54) is 16.9 Å². The van der Waals surface area contributed by atoms with Gasteiger partial charge in [0.1, 0.15) is 0 Å². The van der Waals surface area contributed by atoms with Gasteiger partial charge in [-0.25, -0.2) is 0 Å². The van der Waals surface area contributed by atoms with Crippen LogP contribution in [0.15, 0.2) is 11.4 Å². The molecule has 0 saturated carbocycles. The van der Waals surface area contributed by atoms with Crippen LogP contribution in [-0.2, 0) is 5.41 Å². The first kappa shape index (κ1) is 10.7. The fourth-order valence-electron chi connectivity index (χ4n) is 1.70. The standard InChI is InChI=1S/C11H17FS/c1-4-6-11(3,5-2)9-7-10(12)13-8-9/h7-8H,4-6H2,1-3H3. The topological polar surface area (TPSA) is 0 Å². The Morgan fingerprint density at radius 2 is 2.15 bits per heavy atom. The van der Waals surface area contributed by atoms with Crippen LogP contribution < -0.4 is 0 Å². The third-order valence-electron chi connectivity index (χ3n) is 2.85. The maximum absolute atomic E-state index is 12.9. The minimum atomic E-state index is -0.0641. The lowest BCUT2D eigenvalue weighted by molar-refractivity contribution is 0.414. The maximum atomic E-state index is 12.9. The second kappa shape index (κ2) is 4.23. The van der Waals surface area contributed by atoms with E-state index in [0.717, 1.165) is 19.3 Å². The lowest BCUT2D eigenvalue weighted by Crippen LogP contribution is -2.19. The zero-order chi connectivity index (χ0) is 9.90. The van der Waals surface area contributed by atoms with Crippen molar-refractivity contribution in [3.05, 3.63) is 22.1 Å². The summed E-state index contributed by atoms with van der Waals surface area (Å²) >= 11 is 1.21. The average Bonchev–Trinajstić information content (AvgIpc) is 2.52. The molecule has 2 heteroatoms. The number of hydrogen-bond donors (Lipinski definition) is 0. The molecular weight excluding hydrogens is 183 g/mol. The summed E-state index contributed by atoms with van der Waals surface area (Å²) in [6.07, 6.45) is 3.37. The van der Waals surface area contributed by atoms with Crippen LogP contribution in [0, 0.1) is 5.13 Å². The lowest BCUT2D eigenvalue weighted by atomic mass is 9.78. The summed E-state index contributed by atoms with van der Waals surface area (Å²) in [5, 5.41) is 1.89. The highest BCUT2D eigenvalue weighted by atomic mass is 32.1. The van der Waals surface area contributed by atoms with E-state index in [-0.39, 0.29) is 10.5 Å². The van der Waals surface area contributed by atoms with Crippen molar-refractivity contribution in [3.8, 4) is 0 Å². The maximum Gasteiger partial charge on any atom is 0.176 e. The highest BCUT2D eigenvalue weighted by Gasteiger charge is 2.24. The minimum absolute atomic E-state index is 0.0641. The SMILES string of the molecule is CCCC(C)(CC)c1csc(F)c1. The monoisotopic (exact) mass is 200 g/mol. The first-order chi connectivity index (χ1) is 6.12. The number of thiophene rings is 1. The average molecular weight is 200 g/mol. The van der Waals surface area contributed by atoms with Gasteiger partial charge in [-0.05, 0) is 35.3 Å². The van der Waals surface area contributed by atoms with Gasteiger partial charge in [0.25, 0.3) is 0 Å². The first-order valence-corrected chi connectivity index (χ1v) is 5.75. The minimum Gasteiger partial charge on any atom is -0.195 e. The fourth-order valence-corrected chi connectivity index (χ4v) is 2.49. The van der Waals surface area contributed by atoms with Gasteiger partial charge in [-0.15, -0.1) is 11.3 Å². The highest BCUT2D eigenvalue weighted by Crippen LogP contribution is 2.34. The van der Waals surface area contributed by atoms with Crippen LogP contribution in [-0.4, -0.2) is 0 Å². The van der Waals surface area contributed by atoms with E-state index in [0.29, 0.717) is 0 Å². The summed E-state index contributed by atoms with van der Waals surface area (Å²) in [7, 11) is 0. The molecule has 1 heterocycles. The third kappa shape index (κ3) is 2.31. The van der Waals surface area contributed by atoms with Crippen molar-refractivity contribution >= 4 is 11.3 Å². The van der Waals surface area contributed by atoms with Crippen molar-refractivity contribution in [2.24, 2.45) is 0 Å². The summed E-state index contributed by atoms with van der Waals surface area (Å²) in [6, 6.07) is 1.68. The Kier molecular flexibility index (Phi) is 3.48. The van der Waals surface area contributed by atoms with E-state index in [2.05, 4.69) is 20.8 Å². The molecule has 0 fully saturated rings.